The molecule has 1 aliphatic rings. The molecule has 0 amide bonds. The lowest BCUT2D eigenvalue weighted by Crippen LogP contribution is -2.36. The van der Waals surface area contributed by atoms with E-state index in [-0.39, 0.29) is 0 Å². The summed E-state index contributed by atoms with van der Waals surface area (Å²) < 4.78 is 16.2. The fourth-order valence-corrected chi connectivity index (χ4v) is 4.90. The van der Waals surface area contributed by atoms with E-state index in [4.69, 9.17) is 5.73 Å². The predicted octanol–water partition coefficient (Wildman–Crippen LogP) is 3.01. The Morgan fingerprint density at radius 3 is 2.95 bits per heavy atom. The zero-order chi connectivity index (χ0) is 15.0. The van der Waals surface area contributed by atoms with Crippen LogP contribution in [0.3, 0.4) is 0 Å². The number of benzene rings is 1. The lowest BCUT2D eigenvalue weighted by atomic mass is 9.83. The quantitative estimate of drug-likeness (QED) is 0.816. The van der Waals surface area contributed by atoms with Gasteiger partial charge in [-0.15, -0.1) is 11.3 Å². The summed E-state index contributed by atoms with van der Waals surface area (Å²) in [5.41, 5.74) is 7.21. The van der Waals surface area contributed by atoms with Crippen LogP contribution in [-0.4, -0.2) is 22.0 Å². The highest BCUT2D eigenvalue weighted by Gasteiger charge is 2.38. The molecule has 1 aromatic heterocycles. The fraction of sp³-hybridized carbons (Fsp3) is 0.267. The van der Waals surface area contributed by atoms with Gasteiger partial charge in [-0.3, -0.25) is 4.99 Å². The molecule has 0 aliphatic carbocycles. The zero-order valence-electron chi connectivity index (χ0n) is 11.5. The molecule has 2 heterocycles. The van der Waals surface area contributed by atoms with E-state index in [1.54, 1.807) is 11.3 Å². The number of amidine groups is 1. The van der Waals surface area contributed by atoms with Crippen molar-refractivity contribution in [2.24, 2.45) is 10.7 Å². The molecule has 21 heavy (non-hydrogen) atoms. The minimum atomic E-state index is -0.893. The molecule has 2 N–H and O–H groups in total. The Bertz CT molecular complexity index is 715. The first-order valence-electron chi connectivity index (χ1n) is 6.56. The van der Waals surface area contributed by atoms with E-state index < -0.39 is 12.2 Å². The third kappa shape index (κ3) is 2.60. The lowest BCUT2D eigenvalue weighted by Gasteiger charge is -2.31. The van der Waals surface area contributed by atoms with Crippen molar-refractivity contribution in [3.8, 4) is 0 Å². The van der Waals surface area contributed by atoms with Crippen LogP contribution in [0.2, 0.25) is 6.55 Å². The van der Waals surface area contributed by atoms with Gasteiger partial charge in [0, 0.05) is 10.9 Å². The third-order valence-corrected chi connectivity index (χ3v) is 6.75. The molecule has 0 fully saturated rings. The molecule has 0 saturated heterocycles. The van der Waals surface area contributed by atoms with Crippen molar-refractivity contribution in [3.63, 3.8) is 0 Å². The Morgan fingerprint density at radius 1 is 1.48 bits per heavy atom. The first kappa shape index (κ1) is 14.9. The number of fused-ring (bicyclic) bond motifs is 1. The van der Waals surface area contributed by atoms with Crippen LogP contribution in [0.25, 0.3) is 0 Å². The number of aliphatic imine (C=N–C) groups is 1. The minimum absolute atomic E-state index is 0.461. The molecule has 3 rings (SSSR count). The molecular formula is C15H14BrFN2SSi. The van der Waals surface area contributed by atoms with Crippen LogP contribution in [0.4, 0.5) is 4.39 Å². The maximum Gasteiger partial charge on any atom is 0.137 e. The van der Waals surface area contributed by atoms with Crippen molar-refractivity contribution in [2.45, 2.75) is 18.5 Å². The molecule has 2 nitrogen and oxygen atoms in total. The Kier molecular flexibility index (Phi) is 4.03. The van der Waals surface area contributed by atoms with Gasteiger partial charge in [-0.1, -0.05) is 34.6 Å². The first-order valence-corrected chi connectivity index (χ1v) is 9.67. The number of rotatable bonds is 3. The maximum absolute atomic E-state index is 13.9. The van der Waals surface area contributed by atoms with Crippen LogP contribution in [0, 0.1) is 0 Å². The van der Waals surface area contributed by atoms with Crippen molar-refractivity contribution in [2.75, 3.05) is 6.67 Å². The molecule has 1 atom stereocenters. The first-order chi connectivity index (χ1) is 10.1. The Hall–Kier alpha value is -0.983. The average Bonchev–Trinajstić information content (AvgIpc) is 2.90. The molecule has 6 heteroatoms. The second-order valence-electron chi connectivity index (χ2n) is 5.06. The van der Waals surface area contributed by atoms with E-state index in [1.165, 1.54) is 4.50 Å². The topological polar surface area (TPSA) is 38.4 Å². The number of nitrogens with two attached hydrogens (primary N) is 1. The minimum Gasteiger partial charge on any atom is -0.383 e. The van der Waals surface area contributed by atoms with Crippen LogP contribution in [0.15, 0.2) is 39.8 Å². The second-order valence-corrected chi connectivity index (χ2v) is 8.43. The highest BCUT2D eigenvalue weighted by Crippen LogP contribution is 2.37. The number of hydrogen-bond donors (Lipinski definition) is 1. The highest BCUT2D eigenvalue weighted by molar-refractivity contribution is 9.10. The standard InChI is InChI=1S/C15H14BrFN2SSi/c1-21-12-5-9-7-15(8-17,19-14(18)13(9)20-12)10-3-2-4-11(16)6-10/h2-6H,7-8H2,1H3,(H2,18,19). The molecular weight excluding hydrogens is 367 g/mol. The van der Waals surface area contributed by atoms with Crippen LogP contribution >= 0.6 is 27.3 Å². The van der Waals surface area contributed by atoms with Gasteiger partial charge in [0.05, 0.1) is 14.4 Å². The molecule has 2 aromatic rings. The van der Waals surface area contributed by atoms with E-state index in [1.807, 2.05) is 24.3 Å². The van der Waals surface area contributed by atoms with Gasteiger partial charge >= 0.3 is 0 Å². The van der Waals surface area contributed by atoms with Gasteiger partial charge in [-0.25, -0.2) is 4.39 Å². The SMILES string of the molecule is C[Si]c1cc2c(s1)C(N)=NC(CF)(c1cccc(Br)c1)C2. The van der Waals surface area contributed by atoms with Crippen LogP contribution in [0.1, 0.15) is 16.0 Å². The zero-order valence-corrected chi connectivity index (χ0v) is 14.9. The Labute approximate surface area is 138 Å². The monoisotopic (exact) mass is 380 g/mol. The summed E-state index contributed by atoms with van der Waals surface area (Å²) in [6.07, 6.45) is 0.566. The van der Waals surface area contributed by atoms with Crippen molar-refractivity contribution < 1.29 is 4.39 Å². The summed E-state index contributed by atoms with van der Waals surface area (Å²) in [5, 5.41) is 0. The second kappa shape index (κ2) is 5.66. The Balaban J connectivity index is 2.11. The van der Waals surface area contributed by atoms with Crippen molar-refractivity contribution in [1.29, 1.82) is 0 Å². The summed E-state index contributed by atoms with van der Waals surface area (Å²) in [6, 6.07) is 9.84. The smallest absolute Gasteiger partial charge is 0.137 e. The summed E-state index contributed by atoms with van der Waals surface area (Å²) >= 11 is 5.12. The summed E-state index contributed by atoms with van der Waals surface area (Å²) in [4.78, 5) is 5.56. The molecule has 1 aliphatic heterocycles. The number of thiophene rings is 1. The highest BCUT2D eigenvalue weighted by atomic mass is 79.9. The van der Waals surface area contributed by atoms with Gasteiger partial charge in [0.1, 0.15) is 18.0 Å². The predicted molar refractivity (Wildman–Crippen MR) is 91.8 cm³/mol. The van der Waals surface area contributed by atoms with E-state index in [0.29, 0.717) is 12.3 Å². The van der Waals surface area contributed by atoms with Gasteiger partial charge in [0.15, 0.2) is 0 Å². The van der Waals surface area contributed by atoms with E-state index >= 15 is 0 Å². The third-order valence-electron chi connectivity index (χ3n) is 3.69. The summed E-state index contributed by atoms with van der Waals surface area (Å²) in [6.45, 7) is 1.59. The number of hydrogen-bond acceptors (Lipinski definition) is 3. The van der Waals surface area contributed by atoms with Crippen LogP contribution in [0.5, 0.6) is 0 Å². The number of nitrogens with zero attached hydrogens (tertiary/aromatic N) is 1. The fourth-order valence-electron chi connectivity index (χ4n) is 2.63. The number of alkyl halides is 1. The van der Waals surface area contributed by atoms with E-state index in [0.717, 1.165) is 30.0 Å². The molecule has 0 bridgehead atoms. The van der Waals surface area contributed by atoms with Crippen molar-refractivity contribution >= 4 is 47.1 Å². The largest absolute Gasteiger partial charge is 0.383 e. The molecule has 1 aromatic carbocycles. The normalized spacial score (nSPS) is 21.0. The molecule has 0 spiro atoms. The van der Waals surface area contributed by atoms with Crippen molar-refractivity contribution in [3.05, 3.63) is 50.8 Å². The molecule has 108 valence electrons. The van der Waals surface area contributed by atoms with E-state index in [2.05, 4.69) is 33.5 Å². The molecule has 1 unspecified atom stereocenters. The summed E-state index contributed by atoms with van der Waals surface area (Å²) in [5.74, 6) is 0.461. The maximum atomic E-state index is 13.9. The molecule has 2 radical (unpaired) electrons. The Morgan fingerprint density at radius 2 is 2.29 bits per heavy atom. The lowest BCUT2D eigenvalue weighted by molar-refractivity contribution is 0.309. The van der Waals surface area contributed by atoms with Gasteiger partial charge < -0.3 is 5.73 Å². The van der Waals surface area contributed by atoms with Crippen LogP contribution in [-0.2, 0) is 12.0 Å². The molecule has 0 saturated carbocycles. The van der Waals surface area contributed by atoms with Gasteiger partial charge in [0.25, 0.3) is 0 Å². The van der Waals surface area contributed by atoms with Crippen LogP contribution < -0.4 is 10.2 Å². The van der Waals surface area contributed by atoms with Gasteiger partial charge in [0.2, 0.25) is 0 Å². The summed E-state index contributed by atoms with van der Waals surface area (Å²) in [7, 11) is 0.725. The van der Waals surface area contributed by atoms with Gasteiger partial charge in [-0.05, 0) is 33.8 Å². The average molecular weight is 381 g/mol. The van der Waals surface area contributed by atoms with Gasteiger partial charge in [-0.2, -0.15) is 0 Å². The van der Waals surface area contributed by atoms with Crippen molar-refractivity contribution in [1.82, 2.24) is 0 Å². The van der Waals surface area contributed by atoms with E-state index in [9.17, 15) is 4.39 Å². The number of halogens is 2.